The molecule has 0 spiro atoms. The molecule has 0 unspecified atom stereocenters. The highest BCUT2D eigenvalue weighted by molar-refractivity contribution is 7.92. The van der Waals surface area contributed by atoms with Crippen LogP contribution in [0.25, 0.3) is 0 Å². The standard InChI is InChI=1S/C22H22F2N4O2S/c23-20-8-6-18(14-21(20)24)27-31(29,30)19-7-9-22(25-15-19)28-12-10-17(11-13-28)26-16-4-2-1-3-5-16/h1-9,14-15,17,26-27H,10-13H2. The van der Waals surface area contributed by atoms with Gasteiger partial charge < -0.3 is 10.2 Å². The van der Waals surface area contributed by atoms with Crippen molar-refractivity contribution in [1.29, 1.82) is 0 Å². The van der Waals surface area contributed by atoms with Gasteiger partial charge in [-0.25, -0.2) is 22.2 Å². The number of nitrogens with one attached hydrogen (secondary N) is 2. The molecule has 1 fully saturated rings. The van der Waals surface area contributed by atoms with Gasteiger partial charge in [0.05, 0.1) is 5.69 Å². The molecule has 1 aromatic heterocycles. The normalized spacial score (nSPS) is 15.0. The Hall–Kier alpha value is -3.20. The number of hydrogen-bond acceptors (Lipinski definition) is 5. The number of pyridine rings is 1. The monoisotopic (exact) mass is 444 g/mol. The maximum Gasteiger partial charge on any atom is 0.263 e. The van der Waals surface area contributed by atoms with Gasteiger partial charge in [0, 0.05) is 37.1 Å². The summed E-state index contributed by atoms with van der Waals surface area (Å²) < 4.78 is 53.6. The Morgan fingerprint density at radius 3 is 2.29 bits per heavy atom. The molecule has 1 aliphatic rings. The van der Waals surface area contributed by atoms with Crippen LogP contribution >= 0.6 is 0 Å². The fraction of sp³-hybridized carbons (Fsp3) is 0.227. The van der Waals surface area contributed by atoms with Gasteiger partial charge in [-0.2, -0.15) is 0 Å². The molecule has 0 aliphatic carbocycles. The fourth-order valence-electron chi connectivity index (χ4n) is 3.52. The van der Waals surface area contributed by atoms with Gasteiger partial charge in [-0.3, -0.25) is 4.72 Å². The van der Waals surface area contributed by atoms with Crippen molar-refractivity contribution < 1.29 is 17.2 Å². The van der Waals surface area contributed by atoms with Gasteiger partial charge in [0.15, 0.2) is 11.6 Å². The molecular weight excluding hydrogens is 422 g/mol. The summed E-state index contributed by atoms with van der Waals surface area (Å²) in [5.41, 5.74) is 1.04. The number of aromatic nitrogens is 1. The van der Waals surface area contributed by atoms with E-state index in [0.29, 0.717) is 11.9 Å². The van der Waals surface area contributed by atoms with Crippen LogP contribution in [0.3, 0.4) is 0 Å². The summed E-state index contributed by atoms with van der Waals surface area (Å²) in [5, 5.41) is 3.53. The number of para-hydroxylation sites is 1. The molecule has 0 radical (unpaired) electrons. The van der Waals surface area contributed by atoms with Crippen LogP contribution in [0.5, 0.6) is 0 Å². The predicted molar refractivity (Wildman–Crippen MR) is 117 cm³/mol. The van der Waals surface area contributed by atoms with Crippen LogP contribution < -0.4 is 14.9 Å². The topological polar surface area (TPSA) is 74.3 Å². The molecule has 0 amide bonds. The molecule has 2 N–H and O–H groups in total. The predicted octanol–water partition coefficient (Wildman–Crippen LogP) is 4.24. The summed E-state index contributed by atoms with van der Waals surface area (Å²) in [7, 11) is -3.96. The lowest BCUT2D eigenvalue weighted by atomic mass is 10.0. The van der Waals surface area contributed by atoms with Crippen molar-refractivity contribution in [3.8, 4) is 0 Å². The lowest BCUT2D eigenvalue weighted by Gasteiger charge is -2.33. The number of nitrogens with zero attached hydrogens (tertiary/aromatic N) is 2. The summed E-state index contributed by atoms with van der Waals surface area (Å²) in [4.78, 5) is 6.36. The largest absolute Gasteiger partial charge is 0.382 e. The molecule has 2 aromatic carbocycles. The van der Waals surface area contributed by atoms with Crippen molar-refractivity contribution >= 4 is 27.2 Å². The van der Waals surface area contributed by atoms with Gasteiger partial charge in [0.2, 0.25) is 0 Å². The van der Waals surface area contributed by atoms with Gasteiger partial charge in [-0.05, 0) is 49.2 Å². The van der Waals surface area contributed by atoms with E-state index in [1.165, 1.54) is 12.3 Å². The number of benzene rings is 2. The van der Waals surface area contributed by atoms with Crippen LogP contribution in [-0.2, 0) is 10.0 Å². The molecule has 1 aliphatic heterocycles. The van der Waals surface area contributed by atoms with Crippen molar-refractivity contribution in [3.63, 3.8) is 0 Å². The quantitative estimate of drug-likeness (QED) is 0.595. The van der Waals surface area contributed by atoms with Gasteiger partial charge in [0.25, 0.3) is 10.0 Å². The highest BCUT2D eigenvalue weighted by Crippen LogP contribution is 2.23. The van der Waals surface area contributed by atoms with Crippen LogP contribution in [0.2, 0.25) is 0 Å². The van der Waals surface area contributed by atoms with Crippen molar-refractivity contribution in [2.45, 2.75) is 23.8 Å². The van der Waals surface area contributed by atoms with Crippen LogP contribution in [0, 0.1) is 11.6 Å². The molecule has 9 heteroatoms. The minimum Gasteiger partial charge on any atom is -0.382 e. The minimum atomic E-state index is -3.96. The number of halogens is 2. The average Bonchev–Trinajstić information content (AvgIpc) is 2.77. The van der Waals surface area contributed by atoms with E-state index in [9.17, 15) is 17.2 Å². The lowest BCUT2D eigenvalue weighted by Crippen LogP contribution is -2.39. The van der Waals surface area contributed by atoms with Crippen molar-refractivity contribution in [3.05, 3.63) is 78.5 Å². The molecule has 31 heavy (non-hydrogen) atoms. The summed E-state index contributed by atoms with van der Waals surface area (Å²) in [6.07, 6.45) is 3.15. The van der Waals surface area contributed by atoms with Crippen LogP contribution in [0.15, 0.2) is 71.8 Å². The second-order valence-electron chi connectivity index (χ2n) is 7.36. The molecule has 6 nitrogen and oxygen atoms in total. The molecule has 4 rings (SSSR count). The van der Waals surface area contributed by atoms with E-state index in [4.69, 9.17) is 0 Å². The second kappa shape index (κ2) is 8.89. The van der Waals surface area contributed by atoms with Crippen LogP contribution in [-0.4, -0.2) is 32.5 Å². The molecule has 3 aromatic rings. The third-order valence-corrected chi connectivity index (χ3v) is 6.53. The Morgan fingerprint density at radius 2 is 1.65 bits per heavy atom. The van der Waals surface area contributed by atoms with Crippen LogP contribution in [0.4, 0.5) is 26.0 Å². The Morgan fingerprint density at radius 1 is 0.903 bits per heavy atom. The zero-order chi connectivity index (χ0) is 21.8. The number of hydrogen-bond donors (Lipinski definition) is 2. The number of sulfonamides is 1. The van der Waals surface area contributed by atoms with Crippen molar-refractivity contribution in [2.75, 3.05) is 28.0 Å². The Kier molecular flexibility index (Phi) is 6.03. The fourth-order valence-corrected chi connectivity index (χ4v) is 4.51. The number of anilines is 3. The highest BCUT2D eigenvalue weighted by atomic mass is 32.2. The van der Waals surface area contributed by atoms with E-state index in [0.717, 1.165) is 49.8 Å². The van der Waals surface area contributed by atoms with E-state index in [-0.39, 0.29) is 10.6 Å². The summed E-state index contributed by atoms with van der Waals surface area (Å²) in [6.45, 7) is 1.60. The van der Waals surface area contributed by atoms with Gasteiger partial charge in [-0.15, -0.1) is 0 Å². The van der Waals surface area contributed by atoms with Crippen molar-refractivity contribution in [2.24, 2.45) is 0 Å². The Balaban J connectivity index is 1.37. The van der Waals surface area contributed by atoms with E-state index in [1.54, 1.807) is 6.07 Å². The van der Waals surface area contributed by atoms with Crippen molar-refractivity contribution in [1.82, 2.24) is 4.98 Å². The molecule has 0 bridgehead atoms. The summed E-state index contributed by atoms with van der Waals surface area (Å²) >= 11 is 0. The maximum absolute atomic E-state index is 13.3. The van der Waals surface area contributed by atoms with E-state index in [2.05, 4.69) is 19.9 Å². The SMILES string of the molecule is O=S(=O)(Nc1ccc(F)c(F)c1)c1ccc(N2CCC(Nc3ccccc3)CC2)nc1. The zero-order valence-electron chi connectivity index (χ0n) is 16.6. The molecule has 0 saturated carbocycles. The third kappa shape index (κ3) is 5.11. The third-order valence-electron chi connectivity index (χ3n) is 5.17. The Labute approximate surface area is 180 Å². The lowest BCUT2D eigenvalue weighted by molar-refractivity contribution is 0.509. The Bertz CT molecular complexity index is 1130. The average molecular weight is 445 g/mol. The maximum atomic E-state index is 13.3. The molecule has 2 heterocycles. The molecule has 1 saturated heterocycles. The first kappa shape index (κ1) is 21.0. The van der Waals surface area contributed by atoms with Crippen LogP contribution in [0.1, 0.15) is 12.8 Å². The first-order valence-corrected chi connectivity index (χ1v) is 11.4. The first-order chi connectivity index (χ1) is 14.9. The summed E-state index contributed by atoms with van der Waals surface area (Å²) in [5.74, 6) is -1.47. The number of piperidine rings is 1. The smallest absolute Gasteiger partial charge is 0.263 e. The van der Waals surface area contributed by atoms with Gasteiger partial charge >= 0.3 is 0 Å². The zero-order valence-corrected chi connectivity index (χ0v) is 17.4. The highest BCUT2D eigenvalue weighted by Gasteiger charge is 2.21. The second-order valence-corrected chi connectivity index (χ2v) is 9.04. The van der Waals surface area contributed by atoms with Gasteiger partial charge in [0.1, 0.15) is 10.7 Å². The van der Waals surface area contributed by atoms with E-state index >= 15 is 0 Å². The molecule has 0 atom stereocenters. The van der Waals surface area contributed by atoms with E-state index in [1.807, 2.05) is 30.3 Å². The minimum absolute atomic E-state index is 0.0541. The number of rotatable bonds is 6. The first-order valence-electron chi connectivity index (χ1n) is 9.91. The summed E-state index contributed by atoms with van der Waals surface area (Å²) in [6, 6.07) is 16.4. The molecular formula is C22H22F2N4O2S. The van der Waals surface area contributed by atoms with E-state index < -0.39 is 21.7 Å². The molecule has 162 valence electrons. The van der Waals surface area contributed by atoms with Gasteiger partial charge in [-0.1, -0.05) is 18.2 Å².